The van der Waals surface area contributed by atoms with Gasteiger partial charge in [0, 0.05) is 0 Å². The van der Waals surface area contributed by atoms with E-state index < -0.39 is 17.9 Å². The first-order valence-corrected chi connectivity index (χ1v) is 9.58. The van der Waals surface area contributed by atoms with Crippen molar-refractivity contribution in [1.82, 2.24) is 10.9 Å². The summed E-state index contributed by atoms with van der Waals surface area (Å²) < 4.78 is 16.3. The van der Waals surface area contributed by atoms with Crippen LogP contribution in [0.3, 0.4) is 0 Å². The Labute approximate surface area is 174 Å². The summed E-state index contributed by atoms with van der Waals surface area (Å²) in [5.74, 6) is 0.678. The van der Waals surface area contributed by atoms with E-state index in [1.54, 1.807) is 43.3 Å². The van der Waals surface area contributed by atoms with Gasteiger partial charge in [-0.1, -0.05) is 24.3 Å². The van der Waals surface area contributed by atoms with Gasteiger partial charge in [0.1, 0.15) is 17.2 Å². The minimum atomic E-state index is -0.818. The highest BCUT2D eigenvalue weighted by Gasteiger charge is 2.18. The van der Waals surface area contributed by atoms with Crippen LogP contribution in [0.1, 0.15) is 24.2 Å². The molecular formula is C23H24N2O5. The number of fused-ring (bicyclic) bond motifs is 1. The molecule has 2 N–H and O–H groups in total. The van der Waals surface area contributed by atoms with Gasteiger partial charge in [0.2, 0.25) is 0 Å². The van der Waals surface area contributed by atoms with Gasteiger partial charge in [-0.25, -0.2) is 0 Å². The number of ether oxygens (including phenoxy) is 3. The summed E-state index contributed by atoms with van der Waals surface area (Å²) in [7, 11) is 1.49. The molecule has 0 heterocycles. The summed E-state index contributed by atoms with van der Waals surface area (Å²) in [5, 5.41) is 1.84. The van der Waals surface area contributed by atoms with Crippen molar-refractivity contribution < 1.29 is 23.8 Å². The van der Waals surface area contributed by atoms with Crippen LogP contribution in [0.25, 0.3) is 10.8 Å². The summed E-state index contributed by atoms with van der Waals surface area (Å²) in [6.45, 7) is 4.06. The molecule has 1 atom stereocenters. The zero-order chi connectivity index (χ0) is 21.5. The lowest BCUT2D eigenvalue weighted by Gasteiger charge is -2.16. The lowest BCUT2D eigenvalue weighted by atomic mass is 10.1. The van der Waals surface area contributed by atoms with Crippen molar-refractivity contribution in [2.75, 3.05) is 13.7 Å². The molecule has 3 rings (SSSR count). The fraction of sp³-hybridized carbons (Fsp3) is 0.217. The molecule has 0 aromatic heterocycles. The van der Waals surface area contributed by atoms with E-state index >= 15 is 0 Å². The van der Waals surface area contributed by atoms with Gasteiger partial charge in [0.25, 0.3) is 11.8 Å². The van der Waals surface area contributed by atoms with E-state index in [1.807, 2.05) is 31.2 Å². The second-order valence-corrected chi connectivity index (χ2v) is 6.51. The van der Waals surface area contributed by atoms with Gasteiger partial charge < -0.3 is 14.2 Å². The number of benzene rings is 3. The highest BCUT2D eigenvalue weighted by atomic mass is 16.5. The zero-order valence-corrected chi connectivity index (χ0v) is 17.1. The molecule has 0 radical (unpaired) electrons. The smallest absolute Gasteiger partial charge is 0.279 e. The normalized spacial score (nSPS) is 11.4. The van der Waals surface area contributed by atoms with Gasteiger partial charge in [-0.05, 0) is 61.0 Å². The van der Waals surface area contributed by atoms with Crippen molar-refractivity contribution in [1.29, 1.82) is 0 Å². The highest BCUT2D eigenvalue weighted by molar-refractivity contribution is 6.02. The Hall–Kier alpha value is -3.74. The number of hydrogen-bond acceptors (Lipinski definition) is 5. The molecule has 0 spiro atoms. The Morgan fingerprint density at radius 1 is 0.933 bits per heavy atom. The first-order valence-electron chi connectivity index (χ1n) is 9.58. The summed E-state index contributed by atoms with van der Waals surface area (Å²) in [6.07, 6.45) is -0.818. The molecule has 0 saturated heterocycles. The summed E-state index contributed by atoms with van der Waals surface area (Å²) >= 11 is 0. The van der Waals surface area contributed by atoms with Gasteiger partial charge >= 0.3 is 0 Å². The van der Waals surface area contributed by atoms with Crippen LogP contribution < -0.4 is 25.1 Å². The van der Waals surface area contributed by atoms with Gasteiger partial charge in [-0.2, -0.15) is 0 Å². The first-order chi connectivity index (χ1) is 14.5. The van der Waals surface area contributed by atoms with Crippen LogP contribution >= 0.6 is 0 Å². The topological polar surface area (TPSA) is 85.9 Å². The van der Waals surface area contributed by atoms with Crippen molar-refractivity contribution >= 4 is 22.6 Å². The van der Waals surface area contributed by atoms with Crippen molar-refractivity contribution in [2.24, 2.45) is 0 Å². The van der Waals surface area contributed by atoms with E-state index in [-0.39, 0.29) is 0 Å². The molecule has 0 aliphatic rings. The molecule has 0 aliphatic heterocycles. The maximum Gasteiger partial charge on any atom is 0.279 e. The molecular weight excluding hydrogens is 384 g/mol. The summed E-state index contributed by atoms with van der Waals surface area (Å²) in [4.78, 5) is 24.9. The minimum absolute atomic E-state index is 0.316. The molecule has 156 valence electrons. The van der Waals surface area contributed by atoms with E-state index in [0.29, 0.717) is 23.7 Å². The molecule has 0 unspecified atom stereocenters. The Morgan fingerprint density at radius 2 is 1.57 bits per heavy atom. The number of hydrazine groups is 1. The molecule has 3 aromatic carbocycles. The number of carbonyl (C=O) groups is 2. The Balaban J connectivity index is 1.61. The molecule has 2 amide bonds. The maximum atomic E-state index is 12.6. The summed E-state index contributed by atoms with van der Waals surface area (Å²) in [5.41, 5.74) is 5.12. The highest BCUT2D eigenvalue weighted by Crippen LogP contribution is 2.25. The van der Waals surface area contributed by atoms with Crippen molar-refractivity contribution in [3.63, 3.8) is 0 Å². The Bertz CT molecular complexity index is 1030. The van der Waals surface area contributed by atoms with E-state index in [0.717, 1.165) is 16.5 Å². The monoisotopic (exact) mass is 408 g/mol. The quantitative estimate of drug-likeness (QED) is 0.585. The van der Waals surface area contributed by atoms with E-state index in [1.165, 1.54) is 7.11 Å². The van der Waals surface area contributed by atoms with Gasteiger partial charge in [-0.3, -0.25) is 20.4 Å². The maximum absolute atomic E-state index is 12.6. The van der Waals surface area contributed by atoms with E-state index in [2.05, 4.69) is 10.9 Å². The van der Waals surface area contributed by atoms with E-state index in [9.17, 15) is 9.59 Å². The van der Waals surface area contributed by atoms with Crippen LogP contribution in [0, 0.1) is 0 Å². The first kappa shape index (κ1) is 21.0. The SMILES string of the molecule is CCOc1ccc(O[C@@H](C)C(=O)NNC(=O)c2cc3ccccc3cc2OC)cc1. The van der Waals surface area contributed by atoms with Crippen LogP contribution in [0.15, 0.2) is 60.7 Å². The van der Waals surface area contributed by atoms with Crippen LogP contribution in [0.5, 0.6) is 17.2 Å². The standard InChI is InChI=1S/C23H24N2O5/c1-4-29-18-9-11-19(12-10-18)30-15(2)22(26)24-25-23(27)20-13-16-7-5-6-8-17(16)14-21(20)28-3/h5-15H,4H2,1-3H3,(H,24,26)(H,25,27)/t15-/m0/s1. The van der Waals surface area contributed by atoms with Gasteiger partial charge in [-0.15, -0.1) is 0 Å². The third-order valence-electron chi connectivity index (χ3n) is 4.43. The Kier molecular flexibility index (Phi) is 6.75. The number of rotatable bonds is 7. The third-order valence-corrected chi connectivity index (χ3v) is 4.43. The largest absolute Gasteiger partial charge is 0.496 e. The lowest BCUT2D eigenvalue weighted by molar-refractivity contribution is -0.128. The predicted molar refractivity (Wildman–Crippen MR) is 114 cm³/mol. The molecule has 30 heavy (non-hydrogen) atoms. The predicted octanol–water partition coefficient (Wildman–Crippen LogP) is 3.48. The number of hydrogen-bond donors (Lipinski definition) is 2. The van der Waals surface area contributed by atoms with Crippen molar-refractivity contribution in [2.45, 2.75) is 20.0 Å². The van der Waals surface area contributed by atoms with Crippen LogP contribution in [-0.4, -0.2) is 31.6 Å². The van der Waals surface area contributed by atoms with E-state index in [4.69, 9.17) is 14.2 Å². The lowest BCUT2D eigenvalue weighted by Crippen LogP contribution is -2.47. The van der Waals surface area contributed by atoms with Gasteiger partial charge in [0.15, 0.2) is 6.10 Å². The number of carbonyl (C=O) groups excluding carboxylic acids is 2. The van der Waals surface area contributed by atoms with Gasteiger partial charge in [0.05, 0.1) is 19.3 Å². The Morgan fingerprint density at radius 3 is 2.20 bits per heavy atom. The molecule has 3 aromatic rings. The molecule has 0 saturated carbocycles. The molecule has 0 bridgehead atoms. The average Bonchev–Trinajstić information content (AvgIpc) is 2.77. The third kappa shape index (κ3) is 5.00. The number of nitrogens with one attached hydrogen (secondary N) is 2. The average molecular weight is 408 g/mol. The second-order valence-electron chi connectivity index (χ2n) is 6.51. The second kappa shape index (κ2) is 9.65. The molecule has 0 fully saturated rings. The van der Waals surface area contributed by atoms with Crippen molar-refractivity contribution in [3.8, 4) is 17.2 Å². The van der Waals surface area contributed by atoms with Crippen molar-refractivity contribution in [3.05, 3.63) is 66.2 Å². The molecule has 7 nitrogen and oxygen atoms in total. The fourth-order valence-electron chi connectivity index (χ4n) is 2.89. The number of methoxy groups -OCH3 is 1. The minimum Gasteiger partial charge on any atom is -0.496 e. The van der Waals surface area contributed by atoms with Crippen LogP contribution in [0.4, 0.5) is 0 Å². The number of amides is 2. The molecule has 0 aliphatic carbocycles. The zero-order valence-electron chi connectivity index (χ0n) is 17.1. The fourth-order valence-corrected chi connectivity index (χ4v) is 2.89. The van der Waals surface area contributed by atoms with Crippen LogP contribution in [-0.2, 0) is 4.79 Å². The van der Waals surface area contributed by atoms with Crippen LogP contribution in [0.2, 0.25) is 0 Å². The summed E-state index contributed by atoms with van der Waals surface area (Å²) in [6, 6.07) is 18.1. The molecule has 7 heteroatoms.